The topological polar surface area (TPSA) is 76.0 Å². The zero-order valence-electron chi connectivity index (χ0n) is 12.0. The second-order valence-electron chi connectivity index (χ2n) is 4.78. The molecule has 0 unspecified atom stereocenters. The van der Waals surface area contributed by atoms with Crippen molar-refractivity contribution in [1.29, 1.82) is 0 Å². The molecule has 114 valence electrons. The van der Waals surface area contributed by atoms with Gasteiger partial charge in [-0.3, -0.25) is 0 Å². The van der Waals surface area contributed by atoms with Crippen LogP contribution in [0.5, 0.6) is 0 Å². The van der Waals surface area contributed by atoms with Crippen molar-refractivity contribution >= 4 is 10.0 Å². The van der Waals surface area contributed by atoms with Gasteiger partial charge in [0.2, 0.25) is 10.0 Å². The molecule has 1 aromatic carbocycles. The van der Waals surface area contributed by atoms with Gasteiger partial charge in [0, 0.05) is 19.3 Å². The normalized spacial score (nSPS) is 11.7. The highest BCUT2D eigenvalue weighted by atomic mass is 32.2. The number of sulfonamides is 1. The molecule has 0 amide bonds. The number of benzene rings is 1. The van der Waals surface area contributed by atoms with E-state index >= 15 is 0 Å². The van der Waals surface area contributed by atoms with Gasteiger partial charge < -0.3 is 5.32 Å². The van der Waals surface area contributed by atoms with Crippen molar-refractivity contribution in [2.45, 2.75) is 13.0 Å². The van der Waals surface area contributed by atoms with E-state index in [0.29, 0.717) is 13.1 Å². The summed E-state index contributed by atoms with van der Waals surface area (Å²) in [4.78, 5) is 0. The highest BCUT2D eigenvalue weighted by Gasteiger charge is 2.01. The van der Waals surface area contributed by atoms with Crippen LogP contribution in [0.1, 0.15) is 12.1 Å². The van der Waals surface area contributed by atoms with Crippen molar-refractivity contribution in [3.63, 3.8) is 0 Å². The van der Waals surface area contributed by atoms with Gasteiger partial charge in [0.25, 0.3) is 0 Å². The molecule has 21 heavy (non-hydrogen) atoms. The third-order valence-corrected chi connectivity index (χ3v) is 3.59. The predicted molar refractivity (Wildman–Crippen MR) is 82.7 cm³/mol. The van der Waals surface area contributed by atoms with E-state index in [1.807, 2.05) is 47.3 Å². The van der Waals surface area contributed by atoms with Crippen molar-refractivity contribution in [2.75, 3.05) is 19.3 Å². The lowest BCUT2D eigenvalue weighted by atomic mass is 10.3. The zero-order chi connectivity index (χ0) is 15.1. The van der Waals surface area contributed by atoms with Crippen LogP contribution < -0.4 is 10.0 Å². The summed E-state index contributed by atoms with van der Waals surface area (Å²) in [6, 6.07) is 11.9. The van der Waals surface area contributed by atoms with Crippen molar-refractivity contribution in [3.8, 4) is 5.69 Å². The lowest BCUT2D eigenvalue weighted by molar-refractivity contribution is 0.578. The highest BCUT2D eigenvalue weighted by Crippen LogP contribution is 2.06. The van der Waals surface area contributed by atoms with Crippen LogP contribution in [0.3, 0.4) is 0 Å². The SMILES string of the molecule is CS(=O)(=O)NCCCNCc1ccn(-c2ccccc2)n1. The van der Waals surface area contributed by atoms with Crippen LogP contribution in [-0.4, -0.2) is 37.5 Å². The fourth-order valence-corrected chi connectivity index (χ4v) is 2.38. The molecule has 0 fully saturated rings. The lowest BCUT2D eigenvalue weighted by Crippen LogP contribution is -2.26. The highest BCUT2D eigenvalue weighted by molar-refractivity contribution is 7.88. The fraction of sp³-hybridized carbons (Fsp3) is 0.357. The van der Waals surface area contributed by atoms with Gasteiger partial charge >= 0.3 is 0 Å². The Labute approximate surface area is 125 Å². The first kappa shape index (κ1) is 15.7. The molecule has 0 radical (unpaired) electrons. The number of para-hydroxylation sites is 1. The Morgan fingerprint density at radius 3 is 2.62 bits per heavy atom. The molecular weight excluding hydrogens is 288 g/mol. The van der Waals surface area contributed by atoms with Gasteiger partial charge in [-0.1, -0.05) is 18.2 Å². The number of aromatic nitrogens is 2. The van der Waals surface area contributed by atoms with Gasteiger partial charge in [0.15, 0.2) is 0 Å². The molecule has 6 nitrogen and oxygen atoms in total. The zero-order valence-corrected chi connectivity index (χ0v) is 12.8. The van der Waals surface area contributed by atoms with E-state index < -0.39 is 10.0 Å². The molecule has 0 saturated heterocycles. The third-order valence-electron chi connectivity index (χ3n) is 2.87. The summed E-state index contributed by atoms with van der Waals surface area (Å²) in [5.74, 6) is 0. The second kappa shape index (κ2) is 7.35. The number of nitrogens with zero attached hydrogens (tertiary/aromatic N) is 2. The molecule has 2 N–H and O–H groups in total. The molecule has 0 aliphatic carbocycles. The van der Waals surface area contributed by atoms with Gasteiger partial charge in [-0.25, -0.2) is 17.8 Å². The smallest absolute Gasteiger partial charge is 0.208 e. The maximum Gasteiger partial charge on any atom is 0.208 e. The molecule has 0 aliphatic heterocycles. The molecule has 0 aliphatic rings. The fourth-order valence-electron chi connectivity index (χ4n) is 1.87. The first-order chi connectivity index (χ1) is 10.0. The first-order valence-corrected chi connectivity index (χ1v) is 8.69. The van der Waals surface area contributed by atoms with E-state index in [-0.39, 0.29) is 0 Å². The minimum absolute atomic E-state index is 0.449. The Hall–Kier alpha value is -1.70. The Kier molecular flexibility index (Phi) is 5.49. The molecule has 0 spiro atoms. The minimum Gasteiger partial charge on any atom is -0.311 e. The van der Waals surface area contributed by atoms with E-state index in [1.165, 1.54) is 0 Å². The summed E-state index contributed by atoms with van der Waals surface area (Å²) in [6.07, 6.45) is 3.83. The average molecular weight is 308 g/mol. The predicted octanol–water partition coefficient (Wildman–Crippen LogP) is 0.901. The quantitative estimate of drug-likeness (QED) is 0.711. The van der Waals surface area contributed by atoms with Crippen LogP contribution in [0.4, 0.5) is 0 Å². The van der Waals surface area contributed by atoms with Crippen LogP contribution >= 0.6 is 0 Å². The molecule has 2 rings (SSSR count). The average Bonchev–Trinajstić information content (AvgIpc) is 2.91. The van der Waals surface area contributed by atoms with E-state index in [1.54, 1.807) is 0 Å². The van der Waals surface area contributed by atoms with E-state index in [0.717, 1.165) is 30.6 Å². The molecular formula is C14H20N4O2S. The number of nitrogens with one attached hydrogen (secondary N) is 2. The number of rotatable bonds is 8. The standard InChI is InChI=1S/C14H20N4O2S/c1-21(19,20)16-10-5-9-15-12-13-8-11-18(17-13)14-6-3-2-4-7-14/h2-4,6-8,11,15-16H,5,9-10,12H2,1H3. The van der Waals surface area contributed by atoms with Crippen LogP contribution in [0.2, 0.25) is 0 Å². The van der Waals surface area contributed by atoms with Gasteiger partial charge in [0.05, 0.1) is 17.6 Å². The Morgan fingerprint density at radius 1 is 1.14 bits per heavy atom. The summed E-state index contributed by atoms with van der Waals surface area (Å²) in [7, 11) is -3.08. The molecule has 1 aromatic heterocycles. The molecule has 2 aromatic rings. The third kappa shape index (κ3) is 5.66. The van der Waals surface area contributed by atoms with E-state index in [4.69, 9.17) is 0 Å². The van der Waals surface area contributed by atoms with Crippen LogP contribution in [-0.2, 0) is 16.6 Å². The second-order valence-corrected chi connectivity index (χ2v) is 6.62. The van der Waals surface area contributed by atoms with Crippen molar-refractivity contribution in [3.05, 3.63) is 48.3 Å². The molecule has 0 atom stereocenters. The van der Waals surface area contributed by atoms with E-state index in [2.05, 4.69) is 15.1 Å². The lowest BCUT2D eigenvalue weighted by Gasteiger charge is -2.04. The number of hydrogen-bond donors (Lipinski definition) is 2. The van der Waals surface area contributed by atoms with Crippen LogP contribution in [0.25, 0.3) is 5.69 Å². The summed E-state index contributed by atoms with van der Waals surface area (Å²) in [5.41, 5.74) is 1.98. The van der Waals surface area contributed by atoms with Crippen molar-refractivity contribution in [2.24, 2.45) is 0 Å². The molecule has 1 heterocycles. The Balaban J connectivity index is 1.72. The Bertz CT molecular complexity index is 653. The van der Waals surface area contributed by atoms with E-state index in [9.17, 15) is 8.42 Å². The van der Waals surface area contributed by atoms with Gasteiger partial charge in [-0.2, -0.15) is 5.10 Å². The van der Waals surface area contributed by atoms with Gasteiger partial charge in [-0.15, -0.1) is 0 Å². The largest absolute Gasteiger partial charge is 0.311 e. The first-order valence-electron chi connectivity index (χ1n) is 6.80. The minimum atomic E-state index is -3.08. The van der Waals surface area contributed by atoms with Crippen molar-refractivity contribution in [1.82, 2.24) is 19.8 Å². The summed E-state index contributed by atoms with van der Waals surface area (Å²) < 4.78 is 26.1. The molecule has 0 saturated carbocycles. The van der Waals surface area contributed by atoms with Crippen LogP contribution in [0, 0.1) is 0 Å². The van der Waals surface area contributed by atoms with Gasteiger partial charge in [0.1, 0.15) is 0 Å². The summed E-state index contributed by atoms with van der Waals surface area (Å²) in [5, 5.41) is 7.72. The Morgan fingerprint density at radius 2 is 1.90 bits per heavy atom. The van der Waals surface area contributed by atoms with Crippen LogP contribution in [0.15, 0.2) is 42.6 Å². The monoisotopic (exact) mass is 308 g/mol. The molecule has 0 bridgehead atoms. The number of hydrogen-bond acceptors (Lipinski definition) is 4. The molecule has 7 heteroatoms. The van der Waals surface area contributed by atoms with Gasteiger partial charge in [-0.05, 0) is 31.2 Å². The summed E-state index contributed by atoms with van der Waals surface area (Å²) >= 11 is 0. The maximum absolute atomic E-state index is 10.9. The van der Waals surface area contributed by atoms with Crippen molar-refractivity contribution < 1.29 is 8.42 Å². The maximum atomic E-state index is 10.9. The summed E-state index contributed by atoms with van der Waals surface area (Å²) in [6.45, 7) is 1.85.